The summed E-state index contributed by atoms with van der Waals surface area (Å²) in [5.41, 5.74) is 6.46. The lowest BCUT2D eigenvalue weighted by molar-refractivity contribution is 0.0527. The van der Waals surface area contributed by atoms with Crippen LogP contribution < -0.4 is 16.0 Å². The molecule has 0 radical (unpaired) electrons. The third-order valence-electron chi connectivity index (χ3n) is 13.2. The molecule has 0 fully saturated rings. The zero-order chi connectivity index (χ0) is 61.1. The monoisotopic (exact) mass is 1350 g/mol. The second-order valence-electron chi connectivity index (χ2n) is 24.6. The molecule has 0 bridgehead atoms. The summed E-state index contributed by atoms with van der Waals surface area (Å²) in [5, 5.41) is 29.6. The fraction of sp³-hybridized carbons (Fsp3) is 0.536. The van der Waals surface area contributed by atoms with Gasteiger partial charge in [-0.2, -0.15) is 29.2 Å². The van der Waals surface area contributed by atoms with Gasteiger partial charge in [-0.15, -0.1) is 0 Å². The van der Waals surface area contributed by atoms with Crippen LogP contribution in [-0.2, 0) is 53.6 Å². The van der Waals surface area contributed by atoms with Crippen LogP contribution in [0.2, 0.25) is 51.4 Å². The number of imidazole rings is 2. The molecule has 8 rings (SSSR count). The lowest BCUT2D eigenvalue weighted by Gasteiger charge is -2.33. The number of fused-ring (bicyclic) bond motifs is 4. The van der Waals surface area contributed by atoms with Crippen molar-refractivity contribution in [3.63, 3.8) is 0 Å². The van der Waals surface area contributed by atoms with Crippen molar-refractivity contribution < 1.29 is 28.9 Å². The molecule has 4 N–H and O–H groups in total. The van der Waals surface area contributed by atoms with Crippen molar-refractivity contribution in [1.29, 1.82) is 0 Å². The van der Waals surface area contributed by atoms with E-state index in [2.05, 4.69) is 151 Å². The van der Waals surface area contributed by atoms with Gasteiger partial charge < -0.3 is 49.3 Å². The van der Waals surface area contributed by atoms with Crippen LogP contribution in [0.3, 0.4) is 0 Å². The predicted octanol–water partition coefficient (Wildman–Crippen LogP) is 12.9. The number of anilines is 2. The van der Waals surface area contributed by atoms with E-state index in [1.165, 1.54) is 28.4 Å². The number of hydrogen-bond acceptors (Lipinski definition) is 17. The number of alkyl carbamates (subject to hydrolysis) is 1. The predicted molar refractivity (Wildman–Crippen MR) is 348 cm³/mol. The van der Waals surface area contributed by atoms with Gasteiger partial charge in [0.1, 0.15) is 30.7 Å². The maximum atomic E-state index is 12.0. The first kappa shape index (κ1) is 66.2. The van der Waals surface area contributed by atoms with Crippen LogP contribution in [0.25, 0.3) is 33.4 Å². The Kier molecular flexibility index (Phi) is 22.8. The quantitative estimate of drug-likeness (QED) is 0.0224. The van der Waals surface area contributed by atoms with E-state index in [1.807, 2.05) is 66.2 Å². The highest BCUT2D eigenvalue weighted by atomic mass is 79.9. The molecule has 8 aromatic rings. The van der Waals surface area contributed by atoms with Gasteiger partial charge >= 0.3 is 12.2 Å². The summed E-state index contributed by atoms with van der Waals surface area (Å²) in [6, 6.07) is 14.5. The Morgan fingerprint density at radius 1 is 0.690 bits per heavy atom. The van der Waals surface area contributed by atoms with Crippen LogP contribution in [0.5, 0.6) is 0 Å². The van der Waals surface area contributed by atoms with Crippen molar-refractivity contribution in [1.82, 2.24) is 68.5 Å². The minimum Gasteiger partial charge on any atom is -0.465 e. The zero-order valence-corrected chi connectivity index (χ0v) is 57.7. The number of aromatic nitrogens is 12. The van der Waals surface area contributed by atoms with Gasteiger partial charge in [-0.25, -0.2) is 29.5 Å². The number of carboxylic acid groups (broad SMARTS) is 1. The number of nitrogens with one attached hydrogen (secondary N) is 3. The van der Waals surface area contributed by atoms with Gasteiger partial charge in [-0.3, -0.25) is 0 Å². The molecule has 0 aliphatic heterocycles. The first-order chi connectivity index (χ1) is 39.6. The minimum absolute atomic E-state index is 0.376. The van der Waals surface area contributed by atoms with E-state index >= 15 is 0 Å². The number of rotatable bonds is 26. The number of benzene rings is 2. The molecular formula is C56H82Br2N16O6S2Si2. The number of para-hydroxylation sites is 2. The Morgan fingerprint density at radius 2 is 1.21 bits per heavy atom. The Labute approximate surface area is 519 Å². The summed E-state index contributed by atoms with van der Waals surface area (Å²) in [5.74, 6) is 2.81. The molecule has 0 aliphatic carbocycles. The van der Waals surface area contributed by atoms with Gasteiger partial charge in [0.05, 0.1) is 56.5 Å². The Morgan fingerprint density at radius 3 is 1.74 bits per heavy atom. The summed E-state index contributed by atoms with van der Waals surface area (Å²) in [4.78, 5) is 53.9. The molecule has 6 heterocycles. The summed E-state index contributed by atoms with van der Waals surface area (Å²) in [6.45, 7) is 29.4. The average molecular weight is 1360 g/mol. The van der Waals surface area contributed by atoms with Gasteiger partial charge in [0.15, 0.2) is 21.6 Å². The third kappa shape index (κ3) is 18.3. The van der Waals surface area contributed by atoms with Crippen LogP contribution in [0.1, 0.15) is 77.2 Å². The zero-order valence-electron chi connectivity index (χ0n) is 50.9. The van der Waals surface area contributed by atoms with E-state index in [9.17, 15) is 14.7 Å². The van der Waals surface area contributed by atoms with Crippen LogP contribution in [0.4, 0.5) is 21.5 Å². The molecule has 0 saturated heterocycles. The first-order valence-electron chi connectivity index (χ1n) is 28.1. The van der Waals surface area contributed by atoms with Crippen LogP contribution in [0.15, 0.2) is 68.1 Å². The first-order valence-corrected chi connectivity index (χ1v) is 39.5. The second kappa shape index (κ2) is 28.9. The summed E-state index contributed by atoms with van der Waals surface area (Å²) < 4.78 is 27.0. The van der Waals surface area contributed by atoms with Crippen molar-refractivity contribution in [3.05, 3.63) is 80.5 Å². The molecule has 0 spiro atoms. The van der Waals surface area contributed by atoms with Crippen molar-refractivity contribution >= 4 is 129 Å². The number of amides is 2. The van der Waals surface area contributed by atoms with Gasteiger partial charge in [0.2, 0.25) is 11.9 Å². The molecule has 2 aromatic carbocycles. The van der Waals surface area contributed by atoms with Crippen LogP contribution in [0, 0.1) is 0 Å². The summed E-state index contributed by atoms with van der Waals surface area (Å²) in [7, 11) is -2.47. The second-order valence-corrected chi connectivity index (χ2v) is 39.1. The normalized spacial score (nSPS) is 12.3. The number of carbonyl (C=O) groups is 2. The fourth-order valence-electron chi connectivity index (χ4n) is 8.91. The average Bonchev–Trinajstić information content (AvgIpc) is 4.29. The van der Waals surface area contributed by atoms with Crippen molar-refractivity contribution in [2.24, 2.45) is 0 Å². The van der Waals surface area contributed by atoms with E-state index < -0.39 is 39.5 Å². The largest absolute Gasteiger partial charge is 0.465 e. The molecular weight excluding hydrogens is 1270 g/mol. The highest BCUT2D eigenvalue weighted by Gasteiger charge is 2.26. The van der Waals surface area contributed by atoms with Gasteiger partial charge in [-0.1, -0.05) is 87.1 Å². The van der Waals surface area contributed by atoms with Crippen molar-refractivity contribution in [2.45, 2.75) is 167 Å². The van der Waals surface area contributed by atoms with Gasteiger partial charge in [0.25, 0.3) is 0 Å². The van der Waals surface area contributed by atoms with E-state index in [-0.39, 0.29) is 0 Å². The van der Waals surface area contributed by atoms with Gasteiger partial charge in [-0.05, 0) is 147 Å². The number of nitrogens with zero attached hydrogens (tertiary/aromatic N) is 13. The lowest BCUT2D eigenvalue weighted by Crippen LogP contribution is -2.45. The number of thioether (sulfide) groups is 2. The number of carbonyl (C=O) groups excluding carboxylic acids is 1. The molecule has 0 aliphatic rings. The smallest absolute Gasteiger partial charge is 0.407 e. The topological polar surface area (TPSA) is 243 Å². The summed E-state index contributed by atoms with van der Waals surface area (Å²) in [6.07, 6.45) is 8.94. The molecule has 0 saturated carbocycles. The van der Waals surface area contributed by atoms with Gasteiger partial charge in [0, 0.05) is 48.0 Å². The molecule has 0 atom stereocenters. The maximum absolute atomic E-state index is 12.0. The van der Waals surface area contributed by atoms with Crippen LogP contribution in [-0.4, -0.2) is 147 Å². The molecule has 28 heteroatoms. The molecule has 84 heavy (non-hydrogen) atoms. The molecule has 0 unspecified atom stereocenters. The Bertz CT molecular complexity index is 3530. The number of aryl methyl sites for hydroxylation is 2. The molecule has 22 nitrogen and oxygen atoms in total. The highest BCUT2D eigenvalue weighted by molar-refractivity contribution is 9.11. The van der Waals surface area contributed by atoms with Crippen LogP contribution >= 0.6 is 55.4 Å². The third-order valence-corrected chi connectivity index (χ3v) is 18.9. The van der Waals surface area contributed by atoms with Crippen molar-refractivity contribution in [3.8, 4) is 0 Å². The molecule has 2 amide bonds. The molecule has 6 aromatic heterocycles. The van der Waals surface area contributed by atoms with E-state index in [0.717, 1.165) is 85.1 Å². The number of halogens is 2. The molecule has 456 valence electrons. The SMILES string of the molecule is CSc1nc(NCc2nc3c(CCCNC(=O)OC(C)(C)C)cccc3n2COCC[Si](C)(C)C)n2ncc(Br)c2n1.CSc1nc(NCc2nc3cccc(CCCN(C(=O)O)C(C)(C)C)c3n2COCC[Si](C)(C)C)n2ncc(Br)c2n1. The lowest BCUT2D eigenvalue weighted by atomic mass is 10.0. The summed E-state index contributed by atoms with van der Waals surface area (Å²) >= 11 is 9.99. The number of ether oxygens (including phenoxy) is 3. The van der Waals surface area contributed by atoms with E-state index in [0.29, 0.717) is 92.8 Å². The fourth-order valence-corrected chi connectivity index (χ4v) is 11.8. The number of hydrogen-bond donors (Lipinski definition) is 4. The minimum atomic E-state index is -1.25. The standard InChI is InChI=1S/2C28H41BrN8O3SSi/c1-28(2,3)36(27(38)39)13-9-11-19-10-8-12-21-23(19)35(18-40-14-15-42(5,6)7)22(32-21)17-30-25-34-26(41-4)33-24-20(29)16-31-37(24)25;1-28(2,3)40-27(38)30-13-9-11-19-10-8-12-21-23(19)33-22(36(21)18-39-14-15-42(5,6)7)17-31-25-35-26(41-4)34-24-20(29)16-32-37(24)25/h8,10,12,16H,9,11,13-15,17-18H2,1-7H3,(H,38,39)(H,30,33,34);8,10,12,16H,9,11,13-15,17-18H2,1-7H3,(H,30,38)(H,31,34,35). The maximum Gasteiger partial charge on any atom is 0.407 e. The van der Waals surface area contributed by atoms with E-state index in [1.54, 1.807) is 21.4 Å². The van der Waals surface area contributed by atoms with Crippen molar-refractivity contribution in [2.75, 3.05) is 49.4 Å². The van der Waals surface area contributed by atoms with E-state index in [4.69, 9.17) is 24.2 Å². The Balaban J connectivity index is 0.000000241. The Hall–Kier alpha value is -5.37. The highest BCUT2D eigenvalue weighted by Crippen LogP contribution is 2.28.